The van der Waals surface area contributed by atoms with Gasteiger partial charge < -0.3 is 4.74 Å². The summed E-state index contributed by atoms with van der Waals surface area (Å²) in [4.78, 5) is 14.5. The minimum Gasteiger partial charge on any atom is -0.494 e. The van der Waals surface area contributed by atoms with Crippen molar-refractivity contribution < 1.29 is 9.53 Å². The summed E-state index contributed by atoms with van der Waals surface area (Å²) < 4.78 is 7.55. The number of nitrogens with zero attached hydrogens (tertiary/aromatic N) is 5. The third-order valence-electron chi connectivity index (χ3n) is 5.23. The predicted octanol–water partition coefficient (Wildman–Crippen LogP) is 4.91. The molecule has 0 atom stereocenters. The van der Waals surface area contributed by atoms with Crippen LogP contribution in [0.15, 0.2) is 90.1 Å². The van der Waals surface area contributed by atoms with Crippen LogP contribution >= 0.6 is 11.8 Å². The van der Waals surface area contributed by atoms with Crippen LogP contribution in [-0.4, -0.2) is 39.6 Å². The number of benzene rings is 3. The van der Waals surface area contributed by atoms with Gasteiger partial charge in [0, 0.05) is 17.8 Å². The first-order valence-electron chi connectivity index (χ1n) is 11.3. The average Bonchev–Trinajstić information content (AvgIpc) is 3.29. The lowest BCUT2D eigenvalue weighted by molar-refractivity contribution is -0.116. The number of para-hydroxylation sites is 1. The molecule has 0 radical (unpaired) electrons. The quantitative estimate of drug-likeness (QED) is 0.236. The highest BCUT2D eigenvalue weighted by atomic mass is 32.2. The number of nitriles is 1. The first-order chi connectivity index (χ1) is 17.2. The molecule has 0 fully saturated rings. The first kappa shape index (κ1) is 24.0. The number of carbonyl (C=O) groups excluding carboxylic acids is 1. The van der Waals surface area contributed by atoms with Gasteiger partial charge in [-0.3, -0.25) is 14.3 Å². The van der Waals surface area contributed by atoms with Crippen molar-refractivity contribution in [1.82, 2.24) is 14.8 Å². The number of aromatic nitrogens is 3. The fraction of sp³-hybridized carbons (Fsp3) is 0.185. The maximum atomic E-state index is 13.0. The van der Waals surface area contributed by atoms with Crippen LogP contribution in [0.4, 0.5) is 5.69 Å². The maximum absolute atomic E-state index is 13.0. The number of amides is 1. The summed E-state index contributed by atoms with van der Waals surface area (Å²) in [5, 5.41) is 18.7. The van der Waals surface area contributed by atoms with Gasteiger partial charge in [-0.25, -0.2) is 0 Å². The number of hydrogen-bond acceptors (Lipinski definition) is 6. The molecule has 0 saturated heterocycles. The minimum absolute atomic E-state index is 0.0196. The summed E-state index contributed by atoms with van der Waals surface area (Å²) in [7, 11) is 0. The molecule has 0 unspecified atom stereocenters. The molecular weight excluding hydrogens is 458 g/mol. The second-order valence-corrected chi connectivity index (χ2v) is 8.53. The van der Waals surface area contributed by atoms with Crippen molar-refractivity contribution in [3.8, 4) is 17.5 Å². The van der Waals surface area contributed by atoms with Crippen molar-refractivity contribution in [1.29, 1.82) is 5.26 Å². The van der Waals surface area contributed by atoms with Crippen molar-refractivity contribution in [2.75, 3.05) is 23.8 Å². The van der Waals surface area contributed by atoms with Crippen molar-refractivity contribution in [3.63, 3.8) is 0 Å². The van der Waals surface area contributed by atoms with E-state index in [0.29, 0.717) is 23.9 Å². The summed E-state index contributed by atoms with van der Waals surface area (Å²) in [5.41, 5.74) is 2.69. The average molecular weight is 484 g/mol. The molecule has 0 aliphatic rings. The molecule has 1 amide bonds. The number of thioether (sulfide) groups is 1. The van der Waals surface area contributed by atoms with E-state index in [4.69, 9.17) is 4.74 Å². The van der Waals surface area contributed by atoms with Crippen molar-refractivity contribution >= 4 is 23.4 Å². The Bertz CT molecular complexity index is 1280. The molecular formula is C27H25N5O2S. The van der Waals surface area contributed by atoms with Gasteiger partial charge in [0.15, 0.2) is 5.16 Å². The van der Waals surface area contributed by atoms with Crippen molar-refractivity contribution in [2.24, 2.45) is 0 Å². The fourth-order valence-corrected chi connectivity index (χ4v) is 4.46. The lowest BCUT2D eigenvalue weighted by atomic mass is 10.1. The highest BCUT2D eigenvalue weighted by Gasteiger charge is 2.20. The molecule has 176 valence electrons. The highest BCUT2D eigenvalue weighted by Crippen LogP contribution is 2.26. The lowest BCUT2D eigenvalue weighted by Crippen LogP contribution is -2.32. The summed E-state index contributed by atoms with van der Waals surface area (Å²) >= 11 is 1.30. The van der Waals surface area contributed by atoms with E-state index in [2.05, 4.69) is 16.3 Å². The largest absolute Gasteiger partial charge is 0.494 e. The van der Waals surface area contributed by atoms with Crippen LogP contribution in [0.1, 0.15) is 18.3 Å². The van der Waals surface area contributed by atoms with Crippen molar-refractivity contribution in [3.05, 3.63) is 96.3 Å². The zero-order valence-electron chi connectivity index (χ0n) is 19.4. The third-order valence-corrected chi connectivity index (χ3v) is 6.15. The molecule has 0 spiro atoms. The van der Waals surface area contributed by atoms with E-state index < -0.39 is 0 Å². The molecule has 0 aliphatic carbocycles. The number of anilines is 1. The second-order valence-electron chi connectivity index (χ2n) is 7.59. The van der Waals surface area contributed by atoms with Crippen LogP contribution in [0.25, 0.3) is 5.69 Å². The van der Waals surface area contributed by atoms with E-state index in [1.54, 1.807) is 0 Å². The van der Waals surface area contributed by atoms with Gasteiger partial charge >= 0.3 is 0 Å². The molecule has 1 heterocycles. The van der Waals surface area contributed by atoms with Gasteiger partial charge in [0.1, 0.15) is 18.1 Å². The summed E-state index contributed by atoms with van der Waals surface area (Å²) in [6.45, 7) is 2.52. The number of carbonyl (C=O) groups is 1. The van der Waals surface area contributed by atoms with E-state index in [1.807, 2.05) is 96.4 Å². The zero-order chi connectivity index (χ0) is 24.5. The van der Waals surface area contributed by atoms with Crippen LogP contribution in [0, 0.1) is 11.3 Å². The first-order valence-corrected chi connectivity index (χ1v) is 12.2. The van der Waals surface area contributed by atoms with E-state index >= 15 is 0 Å². The molecule has 0 saturated carbocycles. The standard InChI is InChI=1S/C27H25N5O2S/c1-2-34-24-15-13-23(14-16-24)32-25(19-21-9-5-3-6-10-21)29-30-27(32)35-20-26(33)31(18-17-28)22-11-7-4-8-12-22/h3-16H,2,18-20H2,1H3. The predicted molar refractivity (Wildman–Crippen MR) is 137 cm³/mol. The van der Waals surface area contributed by atoms with Gasteiger partial charge in [0.2, 0.25) is 5.91 Å². The van der Waals surface area contributed by atoms with E-state index in [-0.39, 0.29) is 18.2 Å². The van der Waals surface area contributed by atoms with Crippen molar-refractivity contribution in [2.45, 2.75) is 18.5 Å². The molecule has 7 nitrogen and oxygen atoms in total. The minimum atomic E-state index is -0.173. The maximum Gasteiger partial charge on any atom is 0.238 e. The van der Waals surface area contributed by atoms with Gasteiger partial charge in [-0.15, -0.1) is 10.2 Å². The summed E-state index contributed by atoms with van der Waals surface area (Å²) in [6, 6.07) is 29.1. The highest BCUT2D eigenvalue weighted by molar-refractivity contribution is 7.99. The molecule has 3 aromatic carbocycles. The Morgan fingerprint density at radius 1 is 1.00 bits per heavy atom. The smallest absolute Gasteiger partial charge is 0.238 e. The molecule has 0 aliphatic heterocycles. The van der Waals surface area contributed by atoms with Gasteiger partial charge in [0.25, 0.3) is 0 Å². The normalized spacial score (nSPS) is 10.5. The molecule has 35 heavy (non-hydrogen) atoms. The molecule has 8 heteroatoms. The fourth-order valence-electron chi connectivity index (χ4n) is 3.61. The van der Waals surface area contributed by atoms with Crippen LogP contribution < -0.4 is 9.64 Å². The Hall–Kier alpha value is -4.09. The Morgan fingerprint density at radius 3 is 2.34 bits per heavy atom. The monoisotopic (exact) mass is 483 g/mol. The van der Waals surface area contributed by atoms with Crippen LogP contribution in [-0.2, 0) is 11.2 Å². The van der Waals surface area contributed by atoms with Gasteiger partial charge in [0.05, 0.1) is 18.4 Å². The number of hydrogen-bond donors (Lipinski definition) is 0. The Labute approximate surface area is 209 Å². The Kier molecular flexibility index (Phi) is 8.15. The number of ether oxygens (including phenoxy) is 1. The van der Waals surface area contributed by atoms with Gasteiger partial charge in [-0.2, -0.15) is 5.26 Å². The topological polar surface area (TPSA) is 84.0 Å². The van der Waals surface area contributed by atoms with Gasteiger partial charge in [-0.1, -0.05) is 60.3 Å². The molecule has 4 aromatic rings. The van der Waals surface area contributed by atoms with E-state index in [9.17, 15) is 10.1 Å². The van der Waals surface area contributed by atoms with E-state index in [1.165, 1.54) is 16.7 Å². The molecule has 0 N–H and O–H groups in total. The number of rotatable bonds is 10. The SMILES string of the molecule is CCOc1ccc(-n2c(Cc3ccccc3)nnc2SCC(=O)N(CC#N)c2ccccc2)cc1. The zero-order valence-corrected chi connectivity index (χ0v) is 20.2. The summed E-state index contributed by atoms with van der Waals surface area (Å²) in [5.74, 6) is 1.51. The lowest BCUT2D eigenvalue weighted by Gasteiger charge is -2.19. The van der Waals surface area contributed by atoms with Crippen LogP contribution in [0.2, 0.25) is 0 Å². The molecule has 4 rings (SSSR count). The summed E-state index contributed by atoms with van der Waals surface area (Å²) in [6.07, 6.45) is 0.597. The Balaban J connectivity index is 1.60. The molecule has 1 aromatic heterocycles. The molecule has 0 bridgehead atoms. The van der Waals surface area contributed by atoms with Gasteiger partial charge in [-0.05, 0) is 48.9 Å². The van der Waals surface area contributed by atoms with Crippen LogP contribution in [0.3, 0.4) is 0 Å². The second kappa shape index (κ2) is 11.9. The van der Waals surface area contributed by atoms with E-state index in [0.717, 1.165) is 22.8 Å². The third kappa shape index (κ3) is 6.08. The van der Waals surface area contributed by atoms with Crippen LogP contribution in [0.5, 0.6) is 5.75 Å². The Morgan fingerprint density at radius 2 is 1.69 bits per heavy atom.